The van der Waals surface area contributed by atoms with Gasteiger partial charge in [0.05, 0.1) is 0 Å². The van der Waals surface area contributed by atoms with Crippen LogP contribution in [-0.2, 0) is 0 Å². The molecule has 0 atom stereocenters. The molecule has 1 aliphatic rings. The molecule has 0 radical (unpaired) electrons. The Morgan fingerprint density at radius 1 is 1.00 bits per heavy atom. The average Bonchev–Trinajstić information content (AvgIpc) is 1.69. The summed E-state index contributed by atoms with van der Waals surface area (Å²) in [6.45, 7) is 0. The molecular weight excluding hydrogens is 190 g/mol. The maximum absolute atomic E-state index is 3.73. The van der Waals surface area contributed by atoms with Crippen molar-refractivity contribution in [2.75, 3.05) is 0 Å². The van der Waals surface area contributed by atoms with Crippen LogP contribution >= 0.6 is 14.1 Å². The van der Waals surface area contributed by atoms with Crippen molar-refractivity contribution < 1.29 is 0 Å². The zero-order valence-electron chi connectivity index (χ0n) is 4.49. The third kappa shape index (κ3) is 3.93. The fourth-order valence-electron chi connectivity index (χ4n) is 1.05. The molecule has 1 aliphatic heterocycles. The van der Waals surface area contributed by atoms with Crippen LogP contribution in [0.15, 0.2) is 0 Å². The summed E-state index contributed by atoms with van der Waals surface area (Å²) in [6, 6.07) is 0. The summed E-state index contributed by atoms with van der Waals surface area (Å²) in [6.07, 6.45) is 4.50. The van der Waals surface area contributed by atoms with Gasteiger partial charge in [0.2, 0.25) is 0 Å². The monoisotopic (exact) mass is 200 g/mol. The van der Waals surface area contributed by atoms with Crippen molar-refractivity contribution in [3.8, 4) is 0 Å². The molecule has 0 nitrogen and oxygen atoms in total. The van der Waals surface area contributed by atoms with E-state index in [-0.39, 0.29) is 41.9 Å². The Kier molecular flexibility index (Phi) is 7.22. The van der Waals surface area contributed by atoms with Gasteiger partial charge in [0.15, 0.2) is 0 Å². The Hall–Kier alpha value is 2.01. The molecular formula is C5H11AlBrNa. The minimum absolute atomic E-state index is 0. The fourth-order valence-corrected chi connectivity index (χ4v) is 4.75. The van der Waals surface area contributed by atoms with E-state index in [0.29, 0.717) is 0 Å². The summed E-state index contributed by atoms with van der Waals surface area (Å²) in [4.78, 5) is 0. The van der Waals surface area contributed by atoms with Crippen LogP contribution < -0.4 is 0 Å². The normalized spacial score (nSPS) is 19.9. The fraction of sp³-hybridized carbons (Fsp3) is 1.00. The molecule has 42 valence electrons. The van der Waals surface area contributed by atoms with Gasteiger partial charge in [-0.1, -0.05) is 29.8 Å². The summed E-state index contributed by atoms with van der Waals surface area (Å²) in [5.74, 6) is 0. The second-order valence-corrected chi connectivity index (χ2v) is 8.47. The van der Waals surface area contributed by atoms with E-state index in [0.717, 1.165) is 0 Å². The Morgan fingerprint density at radius 2 is 1.50 bits per heavy atom. The van der Waals surface area contributed by atoms with Crippen LogP contribution in [-0.4, -0.2) is 41.9 Å². The number of hydrogen-bond acceptors (Lipinski definition) is 0. The van der Waals surface area contributed by atoms with E-state index in [1.807, 2.05) is 0 Å². The summed E-state index contributed by atoms with van der Waals surface area (Å²) < 4.78 is 0. The van der Waals surface area contributed by atoms with Gasteiger partial charge in [-0.3, -0.25) is 0 Å². The van der Waals surface area contributed by atoms with Crippen molar-refractivity contribution >= 4 is 55.9 Å². The third-order valence-corrected chi connectivity index (χ3v) is 6.35. The second-order valence-electron chi connectivity index (χ2n) is 2.24. The average molecular weight is 201 g/mol. The predicted octanol–water partition coefficient (Wildman–Crippen LogP) is 1.91. The van der Waals surface area contributed by atoms with Gasteiger partial charge in [-0.05, 0) is 0 Å². The zero-order chi connectivity index (χ0) is 5.11. The molecule has 0 amide bonds. The van der Waals surface area contributed by atoms with Crippen LogP contribution in [0.3, 0.4) is 0 Å². The van der Waals surface area contributed by atoms with Crippen LogP contribution in [0.2, 0.25) is 10.6 Å². The van der Waals surface area contributed by atoms with E-state index in [1.54, 1.807) is 10.6 Å². The van der Waals surface area contributed by atoms with Crippen molar-refractivity contribution in [1.29, 1.82) is 0 Å². The molecule has 0 bridgehead atoms. The second kappa shape index (κ2) is 5.77. The molecule has 1 saturated heterocycles. The molecule has 0 saturated carbocycles. The van der Waals surface area contributed by atoms with E-state index in [1.165, 1.54) is 19.3 Å². The molecule has 0 aromatic heterocycles. The Morgan fingerprint density at radius 3 is 1.75 bits per heavy atom. The summed E-state index contributed by atoms with van der Waals surface area (Å²) in [5, 5.41) is 3.08. The molecule has 8 heavy (non-hydrogen) atoms. The van der Waals surface area contributed by atoms with Crippen LogP contribution in [0.4, 0.5) is 0 Å². The first kappa shape index (κ1) is 10.0. The number of halogens is 1. The van der Waals surface area contributed by atoms with Gasteiger partial charge < -0.3 is 0 Å². The van der Waals surface area contributed by atoms with Crippen LogP contribution in [0.5, 0.6) is 0 Å². The van der Waals surface area contributed by atoms with Crippen LogP contribution in [0.1, 0.15) is 19.3 Å². The quantitative estimate of drug-likeness (QED) is 0.525. The van der Waals surface area contributed by atoms with Gasteiger partial charge in [-0.25, -0.2) is 14.1 Å². The van der Waals surface area contributed by atoms with Crippen molar-refractivity contribution in [3.05, 3.63) is 0 Å². The molecule has 0 aromatic rings. The first-order valence-electron chi connectivity index (χ1n) is 3.03. The molecule has 1 fully saturated rings. The van der Waals surface area contributed by atoms with Gasteiger partial charge in [-0.15, -0.1) is 0 Å². The maximum atomic E-state index is 3.73. The summed E-state index contributed by atoms with van der Waals surface area (Å²) in [5.41, 5.74) is 0. The Bertz CT molecular complexity index is 54.4. The first-order chi connectivity index (χ1) is 3.39. The van der Waals surface area contributed by atoms with Gasteiger partial charge in [0, 0.05) is 0 Å². The standard InChI is InChI=1S/C5H10.Al.BrH.Na.H/c1-3-5-4-2;;;;/h1-5H2;;1H;;/q;+1;;;/p-1. The van der Waals surface area contributed by atoms with E-state index < -0.39 is 0 Å². The van der Waals surface area contributed by atoms with Gasteiger partial charge >= 0.3 is 41.9 Å². The molecule has 0 aliphatic carbocycles. The van der Waals surface area contributed by atoms with Gasteiger partial charge in [0.25, 0.3) is 0 Å². The van der Waals surface area contributed by atoms with Gasteiger partial charge in [-0.2, -0.15) is 0 Å². The topological polar surface area (TPSA) is 0 Å². The van der Waals surface area contributed by atoms with Gasteiger partial charge in [0.1, 0.15) is 0 Å². The number of hydrogen-bond donors (Lipinski definition) is 0. The predicted molar refractivity (Wildman–Crippen MR) is 45.3 cm³/mol. The van der Waals surface area contributed by atoms with Crippen molar-refractivity contribution in [1.82, 2.24) is 0 Å². The molecule has 1 heterocycles. The molecule has 0 spiro atoms. The summed E-state index contributed by atoms with van der Waals surface area (Å²) in [7, 11) is 0. The molecule has 1 rings (SSSR count). The molecule has 3 heteroatoms. The van der Waals surface area contributed by atoms with Crippen molar-refractivity contribution in [2.45, 2.75) is 29.8 Å². The van der Waals surface area contributed by atoms with Crippen LogP contribution in [0, 0.1) is 0 Å². The molecule has 0 unspecified atom stereocenters. The number of rotatable bonds is 0. The SMILES string of the molecule is [Br][Al]1[CH2]CCC[CH2]1.[NaH]. The van der Waals surface area contributed by atoms with E-state index >= 15 is 0 Å². The van der Waals surface area contributed by atoms with Crippen molar-refractivity contribution in [3.63, 3.8) is 0 Å². The van der Waals surface area contributed by atoms with E-state index in [9.17, 15) is 0 Å². The van der Waals surface area contributed by atoms with Crippen LogP contribution in [0.25, 0.3) is 0 Å². The first-order valence-corrected chi connectivity index (χ1v) is 7.85. The van der Waals surface area contributed by atoms with E-state index in [2.05, 4.69) is 14.1 Å². The van der Waals surface area contributed by atoms with Crippen molar-refractivity contribution in [2.24, 2.45) is 0 Å². The summed E-state index contributed by atoms with van der Waals surface area (Å²) >= 11 is 3.45. The van der Waals surface area contributed by atoms with E-state index in [4.69, 9.17) is 0 Å². The zero-order valence-corrected chi connectivity index (χ0v) is 7.23. The minimum atomic E-state index is -0.282. The Balaban J connectivity index is 0.000000490. The molecule has 0 aromatic carbocycles. The Labute approximate surface area is 84.7 Å². The third-order valence-electron chi connectivity index (χ3n) is 1.53. The molecule has 0 N–H and O–H groups in total.